The molecule has 0 unspecified atom stereocenters. The molecule has 2 saturated carbocycles. The predicted octanol–water partition coefficient (Wildman–Crippen LogP) is 3.37. The third-order valence-corrected chi connectivity index (χ3v) is 7.52. The van der Waals surface area contributed by atoms with Crippen molar-refractivity contribution in [1.29, 1.82) is 0 Å². The van der Waals surface area contributed by atoms with Crippen molar-refractivity contribution >= 4 is 23.2 Å². The zero-order chi connectivity index (χ0) is 24.6. The highest BCUT2D eigenvalue weighted by molar-refractivity contribution is 5.97. The molecule has 3 aromatic rings. The first kappa shape index (κ1) is 23.2. The lowest BCUT2D eigenvalue weighted by Crippen LogP contribution is -2.33. The minimum atomic E-state index is -0.172. The topological polar surface area (TPSA) is 113 Å². The lowest BCUT2D eigenvalue weighted by molar-refractivity contribution is 0.0486. The Hall–Kier alpha value is -3.17. The van der Waals surface area contributed by atoms with E-state index in [9.17, 15) is 9.90 Å². The summed E-state index contributed by atoms with van der Waals surface area (Å²) >= 11 is 0. The van der Waals surface area contributed by atoms with Crippen LogP contribution in [0.2, 0.25) is 0 Å². The number of aryl methyl sites for hydroxylation is 1. The maximum Gasteiger partial charge on any atom is 0.251 e. The molecule has 2 aliphatic carbocycles. The van der Waals surface area contributed by atoms with Gasteiger partial charge in [-0.2, -0.15) is 9.61 Å². The Labute approximate surface area is 210 Å². The minimum Gasteiger partial charge on any atom is -0.393 e. The zero-order valence-corrected chi connectivity index (χ0v) is 20.7. The summed E-state index contributed by atoms with van der Waals surface area (Å²) in [5.41, 5.74) is 4.31. The molecule has 1 amide bonds. The van der Waals surface area contributed by atoms with Crippen molar-refractivity contribution in [2.24, 2.45) is 5.92 Å². The van der Waals surface area contributed by atoms with Gasteiger partial charge in [0.1, 0.15) is 11.6 Å². The summed E-state index contributed by atoms with van der Waals surface area (Å²) in [7, 11) is 0. The van der Waals surface area contributed by atoms with E-state index in [1.54, 1.807) is 0 Å². The number of nitrogens with zero attached hydrogens (tertiary/aromatic N) is 3. The fraction of sp³-hybridized carbons (Fsp3) is 0.519. The molecule has 2 aromatic heterocycles. The SMILES string of the molecule is Cc1cc(-c2cnn3c(NCC4CC(O)C4)cc(NC4CCOCC4)nc23)ccc1C(=O)NC1CC1. The highest BCUT2D eigenvalue weighted by Gasteiger charge is 2.27. The molecule has 1 aromatic carbocycles. The fourth-order valence-electron chi connectivity index (χ4n) is 5.11. The number of aliphatic hydroxyl groups excluding tert-OH is 1. The predicted molar refractivity (Wildman–Crippen MR) is 138 cm³/mol. The molecule has 0 radical (unpaired) electrons. The summed E-state index contributed by atoms with van der Waals surface area (Å²) in [6.45, 7) is 4.27. The number of aliphatic hydroxyl groups is 1. The number of amides is 1. The molecule has 0 bridgehead atoms. The largest absolute Gasteiger partial charge is 0.393 e. The van der Waals surface area contributed by atoms with Gasteiger partial charge in [-0.1, -0.05) is 12.1 Å². The molecule has 1 saturated heterocycles. The number of ether oxygens (including phenoxy) is 1. The van der Waals surface area contributed by atoms with Crippen LogP contribution >= 0.6 is 0 Å². The van der Waals surface area contributed by atoms with Gasteiger partial charge in [-0.25, -0.2) is 4.98 Å². The second kappa shape index (κ2) is 9.71. The Kier molecular flexibility index (Phi) is 6.27. The van der Waals surface area contributed by atoms with Crippen LogP contribution in [0.15, 0.2) is 30.5 Å². The first-order chi connectivity index (χ1) is 17.5. The lowest BCUT2D eigenvalue weighted by Gasteiger charge is -2.31. The van der Waals surface area contributed by atoms with Gasteiger partial charge in [-0.05, 0) is 68.6 Å². The molecular formula is C27H34N6O3. The van der Waals surface area contributed by atoms with Crippen LogP contribution in [0.4, 0.5) is 11.6 Å². The van der Waals surface area contributed by atoms with E-state index < -0.39 is 0 Å². The van der Waals surface area contributed by atoms with Gasteiger partial charge in [0.25, 0.3) is 5.91 Å². The Bertz CT molecular complexity index is 1260. The lowest BCUT2D eigenvalue weighted by atomic mass is 9.82. The van der Waals surface area contributed by atoms with Crippen LogP contribution < -0.4 is 16.0 Å². The van der Waals surface area contributed by atoms with E-state index >= 15 is 0 Å². The van der Waals surface area contributed by atoms with Crippen LogP contribution in [0.3, 0.4) is 0 Å². The standard InChI is InChI=1S/C27H34N6O3/c1-16-10-18(2-5-22(16)27(35)31-19-3-4-19)23-15-29-33-25(28-14-17-11-21(34)12-17)13-24(32-26(23)33)30-20-6-8-36-9-7-20/h2,5,10,13,15,17,19-21,28,34H,3-4,6-9,11-12,14H2,1H3,(H,30,32)(H,31,35). The molecule has 3 fully saturated rings. The molecule has 36 heavy (non-hydrogen) atoms. The van der Waals surface area contributed by atoms with Gasteiger partial charge in [0.2, 0.25) is 0 Å². The Morgan fingerprint density at radius 1 is 1.14 bits per heavy atom. The highest BCUT2D eigenvalue weighted by atomic mass is 16.5. The van der Waals surface area contributed by atoms with Gasteiger partial charge >= 0.3 is 0 Å². The van der Waals surface area contributed by atoms with Gasteiger partial charge < -0.3 is 25.8 Å². The molecule has 3 heterocycles. The van der Waals surface area contributed by atoms with Crippen LogP contribution in [0, 0.1) is 12.8 Å². The monoisotopic (exact) mass is 490 g/mol. The number of rotatable bonds is 8. The molecule has 3 aliphatic rings. The molecule has 6 rings (SSSR count). The number of hydrogen-bond acceptors (Lipinski definition) is 7. The molecule has 190 valence electrons. The molecular weight excluding hydrogens is 456 g/mol. The third kappa shape index (κ3) is 4.90. The Morgan fingerprint density at radius 3 is 2.67 bits per heavy atom. The molecule has 0 spiro atoms. The normalized spacial score (nSPS) is 22.3. The van der Waals surface area contributed by atoms with Crippen LogP contribution in [0.25, 0.3) is 16.8 Å². The maximum atomic E-state index is 12.6. The Morgan fingerprint density at radius 2 is 1.94 bits per heavy atom. The second-order valence-corrected chi connectivity index (χ2v) is 10.5. The van der Waals surface area contributed by atoms with E-state index in [1.807, 2.05) is 41.9 Å². The van der Waals surface area contributed by atoms with Crippen molar-refractivity contribution in [3.63, 3.8) is 0 Å². The quantitative estimate of drug-likeness (QED) is 0.383. The molecule has 0 atom stereocenters. The van der Waals surface area contributed by atoms with E-state index in [2.05, 4.69) is 21.0 Å². The Balaban J connectivity index is 1.31. The van der Waals surface area contributed by atoms with Crippen molar-refractivity contribution in [3.05, 3.63) is 41.6 Å². The number of nitrogens with one attached hydrogen (secondary N) is 3. The van der Waals surface area contributed by atoms with E-state index in [-0.39, 0.29) is 12.0 Å². The van der Waals surface area contributed by atoms with Gasteiger partial charge in [0, 0.05) is 49.0 Å². The van der Waals surface area contributed by atoms with Crippen molar-refractivity contribution < 1.29 is 14.6 Å². The summed E-state index contributed by atoms with van der Waals surface area (Å²) in [5, 5.41) is 24.6. The van der Waals surface area contributed by atoms with Crippen molar-refractivity contribution in [1.82, 2.24) is 19.9 Å². The van der Waals surface area contributed by atoms with Crippen molar-refractivity contribution in [3.8, 4) is 11.1 Å². The summed E-state index contributed by atoms with van der Waals surface area (Å²) in [4.78, 5) is 17.6. The van der Waals surface area contributed by atoms with Crippen molar-refractivity contribution in [2.45, 2.75) is 63.6 Å². The summed E-state index contributed by atoms with van der Waals surface area (Å²) in [6.07, 6.45) is 7.37. The molecule has 9 heteroatoms. The first-order valence-electron chi connectivity index (χ1n) is 13.1. The van der Waals surface area contributed by atoms with Gasteiger partial charge in [0.05, 0.1) is 12.3 Å². The number of fused-ring (bicyclic) bond motifs is 1. The van der Waals surface area contributed by atoms with E-state index in [1.165, 1.54) is 0 Å². The number of benzene rings is 1. The zero-order valence-electron chi connectivity index (χ0n) is 20.7. The number of carbonyl (C=O) groups excluding carboxylic acids is 1. The summed E-state index contributed by atoms with van der Waals surface area (Å²) < 4.78 is 7.36. The fourth-order valence-corrected chi connectivity index (χ4v) is 5.11. The van der Waals surface area contributed by atoms with Crippen LogP contribution in [-0.4, -0.2) is 63.6 Å². The van der Waals surface area contributed by atoms with Crippen LogP contribution in [-0.2, 0) is 4.74 Å². The van der Waals surface area contributed by atoms with Crippen LogP contribution in [0.1, 0.15) is 54.4 Å². The van der Waals surface area contributed by atoms with Gasteiger partial charge in [-0.3, -0.25) is 4.79 Å². The molecule has 9 nitrogen and oxygen atoms in total. The van der Waals surface area contributed by atoms with Gasteiger partial charge in [-0.15, -0.1) is 0 Å². The van der Waals surface area contributed by atoms with E-state index in [0.29, 0.717) is 23.6 Å². The maximum absolute atomic E-state index is 12.6. The van der Waals surface area contributed by atoms with E-state index in [4.69, 9.17) is 9.72 Å². The van der Waals surface area contributed by atoms with Crippen LogP contribution in [0.5, 0.6) is 0 Å². The first-order valence-corrected chi connectivity index (χ1v) is 13.1. The summed E-state index contributed by atoms with van der Waals surface area (Å²) in [6, 6.07) is 8.59. The number of anilines is 2. The minimum absolute atomic E-state index is 0.00455. The smallest absolute Gasteiger partial charge is 0.251 e. The average molecular weight is 491 g/mol. The second-order valence-electron chi connectivity index (χ2n) is 10.5. The number of hydrogen-bond donors (Lipinski definition) is 4. The van der Waals surface area contributed by atoms with E-state index in [0.717, 1.165) is 92.3 Å². The molecule has 1 aliphatic heterocycles. The third-order valence-electron chi connectivity index (χ3n) is 7.52. The average Bonchev–Trinajstić information content (AvgIpc) is 3.56. The highest BCUT2D eigenvalue weighted by Crippen LogP contribution is 2.31. The summed E-state index contributed by atoms with van der Waals surface area (Å²) in [5.74, 6) is 2.14. The molecule has 4 N–H and O–H groups in total. The van der Waals surface area contributed by atoms with Gasteiger partial charge in [0.15, 0.2) is 5.65 Å². The number of aromatic nitrogens is 3. The van der Waals surface area contributed by atoms with Crippen molar-refractivity contribution in [2.75, 3.05) is 30.4 Å². The number of carbonyl (C=O) groups is 1.